The van der Waals surface area contributed by atoms with Gasteiger partial charge in [0, 0.05) is 6.54 Å². The normalized spacial score (nSPS) is 10.1. The minimum Gasteiger partial charge on any atom is -0.496 e. The van der Waals surface area contributed by atoms with Gasteiger partial charge in [-0.25, -0.2) is 4.39 Å². The summed E-state index contributed by atoms with van der Waals surface area (Å²) in [6.45, 7) is 0.297. The molecule has 0 aromatic heterocycles. The molecule has 2 aromatic carbocycles. The fourth-order valence-corrected chi connectivity index (χ4v) is 1.78. The molecular formula is C14H13FN2O3. The third-order valence-electron chi connectivity index (χ3n) is 2.77. The second kappa shape index (κ2) is 6.01. The minimum atomic E-state index is -0.490. The second-order valence-electron chi connectivity index (χ2n) is 4.12. The van der Waals surface area contributed by atoms with Crippen molar-refractivity contribution >= 4 is 11.4 Å². The summed E-state index contributed by atoms with van der Waals surface area (Å²) in [5, 5.41) is 13.9. The summed E-state index contributed by atoms with van der Waals surface area (Å²) in [6.07, 6.45) is 0. The lowest BCUT2D eigenvalue weighted by Crippen LogP contribution is -2.03. The third-order valence-corrected chi connectivity index (χ3v) is 2.77. The number of benzene rings is 2. The number of halogens is 1. The van der Waals surface area contributed by atoms with Crippen molar-refractivity contribution in [1.82, 2.24) is 0 Å². The highest BCUT2D eigenvalue weighted by molar-refractivity contribution is 5.64. The summed E-state index contributed by atoms with van der Waals surface area (Å²) >= 11 is 0. The molecule has 0 atom stereocenters. The van der Waals surface area contributed by atoms with E-state index in [0.29, 0.717) is 23.5 Å². The van der Waals surface area contributed by atoms with Gasteiger partial charge in [0.1, 0.15) is 17.3 Å². The van der Waals surface area contributed by atoms with Crippen molar-refractivity contribution in [2.24, 2.45) is 0 Å². The molecule has 0 aliphatic heterocycles. The maximum Gasteiger partial charge on any atom is 0.296 e. The van der Waals surface area contributed by atoms with E-state index in [1.54, 1.807) is 24.3 Å². The SMILES string of the molecule is COc1ccc(NCc2cccc(F)c2)c([N+](=O)[O-])c1. The quantitative estimate of drug-likeness (QED) is 0.671. The van der Waals surface area contributed by atoms with E-state index >= 15 is 0 Å². The van der Waals surface area contributed by atoms with Crippen molar-refractivity contribution in [2.45, 2.75) is 6.54 Å². The first-order valence-corrected chi connectivity index (χ1v) is 5.91. The summed E-state index contributed by atoms with van der Waals surface area (Å²) in [5.74, 6) is 0.0709. The van der Waals surface area contributed by atoms with Crippen molar-refractivity contribution in [3.8, 4) is 5.75 Å². The molecule has 1 N–H and O–H groups in total. The molecule has 20 heavy (non-hydrogen) atoms. The van der Waals surface area contributed by atoms with E-state index in [1.807, 2.05) is 0 Å². The molecule has 0 aliphatic rings. The first kappa shape index (κ1) is 13.8. The van der Waals surface area contributed by atoms with Crippen LogP contribution in [-0.4, -0.2) is 12.0 Å². The maximum absolute atomic E-state index is 13.0. The zero-order chi connectivity index (χ0) is 14.5. The van der Waals surface area contributed by atoms with Gasteiger partial charge in [-0.3, -0.25) is 10.1 Å². The van der Waals surface area contributed by atoms with Gasteiger partial charge in [-0.15, -0.1) is 0 Å². The van der Waals surface area contributed by atoms with E-state index < -0.39 is 4.92 Å². The van der Waals surface area contributed by atoms with Gasteiger partial charge in [-0.05, 0) is 29.8 Å². The van der Waals surface area contributed by atoms with Gasteiger partial charge in [-0.1, -0.05) is 12.1 Å². The van der Waals surface area contributed by atoms with Crippen LogP contribution in [0.4, 0.5) is 15.8 Å². The number of anilines is 1. The van der Waals surface area contributed by atoms with Crippen LogP contribution in [0.1, 0.15) is 5.56 Å². The molecule has 0 radical (unpaired) electrons. The third kappa shape index (κ3) is 3.23. The van der Waals surface area contributed by atoms with Crippen LogP contribution in [0.15, 0.2) is 42.5 Å². The topological polar surface area (TPSA) is 64.4 Å². The molecule has 0 aliphatic carbocycles. The summed E-state index contributed by atoms with van der Waals surface area (Å²) in [7, 11) is 1.44. The molecule has 104 valence electrons. The molecule has 0 bridgehead atoms. The molecule has 5 nitrogen and oxygen atoms in total. The van der Waals surface area contributed by atoms with Gasteiger partial charge in [0.25, 0.3) is 5.69 Å². The molecule has 0 saturated heterocycles. The predicted molar refractivity (Wildman–Crippen MR) is 73.4 cm³/mol. The summed E-state index contributed by atoms with van der Waals surface area (Å²) < 4.78 is 18.0. The lowest BCUT2D eigenvalue weighted by Gasteiger charge is -2.08. The van der Waals surface area contributed by atoms with Crippen LogP contribution in [0.3, 0.4) is 0 Å². The summed E-state index contributed by atoms with van der Waals surface area (Å²) in [5.41, 5.74) is 0.982. The van der Waals surface area contributed by atoms with Gasteiger partial charge >= 0.3 is 0 Å². The predicted octanol–water partition coefficient (Wildman–Crippen LogP) is 3.35. The zero-order valence-corrected chi connectivity index (χ0v) is 10.8. The Labute approximate surface area is 115 Å². The molecule has 6 heteroatoms. The maximum atomic E-state index is 13.0. The molecule has 2 aromatic rings. The number of hydrogen-bond acceptors (Lipinski definition) is 4. The Kier molecular flexibility index (Phi) is 4.14. The monoisotopic (exact) mass is 276 g/mol. The van der Waals surface area contributed by atoms with Gasteiger partial charge in [0.2, 0.25) is 0 Å². The number of rotatable bonds is 5. The first-order valence-electron chi connectivity index (χ1n) is 5.91. The van der Waals surface area contributed by atoms with Crippen LogP contribution in [-0.2, 0) is 6.54 Å². The van der Waals surface area contributed by atoms with Crippen molar-refractivity contribution in [3.05, 3.63) is 64.0 Å². The van der Waals surface area contributed by atoms with Gasteiger partial charge < -0.3 is 10.1 Å². The highest BCUT2D eigenvalue weighted by atomic mass is 19.1. The van der Waals surface area contributed by atoms with Crippen molar-refractivity contribution in [1.29, 1.82) is 0 Å². The smallest absolute Gasteiger partial charge is 0.296 e. The van der Waals surface area contributed by atoms with Crippen molar-refractivity contribution < 1.29 is 14.1 Å². The Morgan fingerprint density at radius 2 is 2.10 bits per heavy atom. The number of nitrogens with one attached hydrogen (secondary N) is 1. The fraction of sp³-hybridized carbons (Fsp3) is 0.143. The van der Waals surface area contributed by atoms with Crippen molar-refractivity contribution in [2.75, 3.05) is 12.4 Å². The average molecular weight is 276 g/mol. The largest absolute Gasteiger partial charge is 0.496 e. The van der Waals surface area contributed by atoms with E-state index in [4.69, 9.17) is 4.74 Å². The van der Waals surface area contributed by atoms with E-state index in [2.05, 4.69) is 5.32 Å². The number of nitro groups is 1. The lowest BCUT2D eigenvalue weighted by atomic mass is 10.2. The van der Waals surface area contributed by atoms with Crippen LogP contribution in [0.5, 0.6) is 5.75 Å². The Hall–Kier alpha value is -2.63. The number of methoxy groups -OCH3 is 1. The number of ether oxygens (including phenoxy) is 1. The Morgan fingerprint density at radius 3 is 2.75 bits per heavy atom. The Bertz CT molecular complexity index is 632. The fourth-order valence-electron chi connectivity index (χ4n) is 1.78. The van der Waals surface area contributed by atoms with Gasteiger partial charge in [0.05, 0.1) is 18.1 Å². The van der Waals surface area contributed by atoms with E-state index in [0.717, 1.165) is 0 Å². The minimum absolute atomic E-state index is 0.0826. The standard InChI is InChI=1S/C14H13FN2O3/c1-20-12-5-6-13(14(8-12)17(18)19)16-9-10-3-2-4-11(15)7-10/h2-8,16H,9H2,1H3. The van der Waals surface area contributed by atoms with E-state index in [1.165, 1.54) is 25.3 Å². The Balaban J connectivity index is 2.18. The van der Waals surface area contributed by atoms with Gasteiger partial charge in [0.15, 0.2) is 0 Å². The van der Waals surface area contributed by atoms with E-state index in [-0.39, 0.29) is 11.5 Å². The summed E-state index contributed by atoms with van der Waals surface area (Å²) in [6, 6.07) is 10.6. The van der Waals surface area contributed by atoms with Crippen LogP contribution in [0.25, 0.3) is 0 Å². The highest BCUT2D eigenvalue weighted by Crippen LogP contribution is 2.29. The molecular weight excluding hydrogens is 263 g/mol. The molecule has 0 heterocycles. The van der Waals surface area contributed by atoms with E-state index in [9.17, 15) is 14.5 Å². The lowest BCUT2D eigenvalue weighted by molar-refractivity contribution is -0.384. The molecule has 0 fully saturated rings. The highest BCUT2D eigenvalue weighted by Gasteiger charge is 2.14. The van der Waals surface area contributed by atoms with Gasteiger partial charge in [-0.2, -0.15) is 0 Å². The number of hydrogen-bond donors (Lipinski definition) is 1. The number of nitrogens with zero attached hydrogens (tertiary/aromatic N) is 1. The molecule has 2 rings (SSSR count). The molecule has 0 amide bonds. The van der Waals surface area contributed by atoms with Crippen LogP contribution in [0.2, 0.25) is 0 Å². The average Bonchev–Trinajstić information content (AvgIpc) is 2.45. The molecule has 0 unspecified atom stereocenters. The van der Waals surface area contributed by atoms with Crippen molar-refractivity contribution in [3.63, 3.8) is 0 Å². The number of nitro benzene ring substituents is 1. The first-order chi connectivity index (χ1) is 9.60. The van der Waals surface area contributed by atoms with Crippen LogP contribution >= 0.6 is 0 Å². The Morgan fingerprint density at radius 1 is 1.30 bits per heavy atom. The molecule has 0 saturated carbocycles. The van der Waals surface area contributed by atoms with Crippen LogP contribution < -0.4 is 10.1 Å². The summed E-state index contributed by atoms with van der Waals surface area (Å²) in [4.78, 5) is 10.5. The van der Waals surface area contributed by atoms with Crippen LogP contribution in [0, 0.1) is 15.9 Å². The zero-order valence-electron chi connectivity index (χ0n) is 10.8. The molecule has 0 spiro atoms. The second-order valence-corrected chi connectivity index (χ2v) is 4.12.